The molecular weight excluding hydrogens is 528 g/mol. The number of pyridine rings is 1. The van der Waals surface area contributed by atoms with Crippen molar-refractivity contribution in [2.45, 2.75) is 26.4 Å². The maximum Gasteiger partial charge on any atom is 0.392 e. The molecule has 6 nitrogen and oxygen atoms in total. The van der Waals surface area contributed by atoms with Crippen LogP contribution in [0.15, 0.2) is 60.8 Å². The number of benzene rings is 2. The number of halogens is 5. The van der Waals surface area contributed by atoms with Gasteiger partial charge in [0.2, 0.25) is 0 Å². The van der Waals surface area contributed by atoms with E-state index >= 15 is 0 Å². The first-order chi connectivity index (χ1) is 17.5. The number of aryl methyl sites for hydroxylation is 1. The second-order valence-electron chi connectivity index (χ2n) is 8.21. The third kappa shape index (κ3) is 6.42. The minimum atomic E-state index is -4.30. The molecule has 0 saturated carbocycles. The SMILES string of the molecule is Cc1ccc(NC(=O)c2nc(-c3ccc(Cl)cc3Cl)n(-c3ccc(OCCC(F)(F)F)cc3)c2C)nc1. The van der Waals surface area contributed by atoms with Crippen LogP contribution in [0.5, 0.6) is 5.75 Å². The van der Waals surface area contributed by atoms with E-state index in [2.05, 4.69) is 15.3 Å². The Labute approximate surface area is 221 Å². The zero-order valence-electron chi connectivity index (χ0n) is 19.7. The molecule has 4 aromatic rings. The molecule has 0 aliphatic carbocycles. The molecule has 2 aromatic carbocycles. The number of aromatic nitrogens is 3. The molecule has 0 saturated heterocycles. The average Bonchev–Trinajstić information content (AvgIpc) is 3.17. The summed E-state index contributed by atoms with van der Waals surface area (Å²) in [6.07, 6.45) is -3.72. The molecule has 2 aromatic heterocycles. The molecule has 192 valence electrons. The molecule has 0 spiro atoms. The number of rotatable bonds is 7. The van der Waals surface area contributed by atoms with Crippen molar-refractivity contribution in [3.8, 4) is 22.8 Å². The molecule has 0 bridgehead atoms. The summed E-state index contributed by atoms with van der Waals surface area (Å²) in [7, 11) is 0. The summed E-state index contributed by atoms with van der Waals surface area (Å²) >= 11 is 12.5. The summed E-state index contributed by atoms with van der Waals surface area (Å²) in [6.45, 7) is 3.13. The summed E-state index contributed by atoms with van der Waals surface area (Å²) in [4.78, 5) is 22.0. The van der Waals surface area contributed by atoms with Gasteiger partial charge in [0.15, 0.2) is 5.69 Å². The molecule has 0 aliphatic heterocycles. The first kappa shape index (κ1) is 26.5. The monoisotopic (exact) mass is 548 g/mol. The zero-order valence-corrected chi connectivity index (χ0v) is 21.2. The molecule has 0 fully saturated rings. The molecule has 1 N–H and O–H groups in total. The van der Waals surface area contributed by atoms with E-state index in [1.807, 2.05) is 13.0 Å². The van der Waals surface area contributed by atoms with Gasteiger partial charge in [0, 0.05) is 22.5 Å². The van der Waals surface area contributed by atoms with E-state index in [1.54, 1.807) is 66.2 Å². The van der Waals surface area contributed by atoms with E-state index in [4.69, 9.17) is 27.9 Å². The van der Waals surface area contributed by atoms with Crippen molar-refractivity contribution in [3.05, 3.63) is 87.8 Å². The lowest BCUT2D eigenvalue weighted by atomic mass is 10.2. The normalized spacial score (nSPS) is 11.4. The van der Waals surface area contributed by atoms with Gasteiger partial charge in [-0.15, -0.1) is 0 Å². The van der Waals surface area contributed by atoms with E-state index < -0.39 is 25.1 Å². The van der Waals surface area contributed by atoms with Crippen LogP contribution in [0.1, 0.15) is 28.2 Å². The lowest BCUT2D eigenvalue weighted by molar-refractivity contribution is -0.139. The highest BCUT2D eigenvalue weighted by Crippen LogP contribution is 2.34. The number of nitrogens with one attached hydrogen (secondary N) is 1. The van der Waals surface area contributed by atoms with Crippen LogP contribution in [0, 0.1) is 13.8 Å². The Balaban J connectivity index is 1.71. The highest BCUT2D eigenvalue weighted by molar-refractivity contribution is 6.36. The fraction of sp³-hybridized carbons (Fsp3) is 0.192. The first-order valence-electron chi connectivity index (χ1n) is 11.1. The molecule has 2 heterocycles. The van der Waals surface area contributed by atoms with E-state index in [-0.39, 0.29) is 11.4 Å². The summed E-state index contributed by atoms with van der Waals surface area (Å²) < 4.78 is 44.2. The van der Waals surface area contributed by atoms with Crippen LogP contribution < -0.4 is 10.1 Å². The second kappa shape index (κ2) is 10.8. The number of amides is 1. The van der Waals surface area contributed by atoms with Crippen LogP contribution in [0.2, 0.25) is 10.0 Å². The van der Waals surface area contributed by atoms with Crippen molar-refractivity contribution in [2.75, 3.05) is 11.9 Å². The molecule has 0 atom stereocenters. The standard InChI is InChI=1S/C26H21Cl2F3N4O2/c1-15-3-10-22(32-14-15)33-25(36)23-16(2)35(24(34-23)20-9-4-17(27)13-21(20)28)18-5-7-19(8-6-18)37-12-11-26(29,30)31/h3-10,13-14H,11-12H2,1-2H3,(H,32,33,36). The van der Waals surface area contributed by atoms with Crippen molar-refractivity contribution in [2.24, 2.45) is 0 Å². The largest absolute Gasteiger partial charge is 0.493 e. The third-order valence-electron chi connectivity index (χ3n) is 5.40. The number of anilines is 1. The number of nitrogens with zero attached hydrogens (tertiary/aromatic N) is 3. The van der Waals surface area contributed by atoms with E-state index in [0.717, 1.165) is 5.56 Å². The van der Waals surface area contributed by atoms with Crippen LogP contribution in [-0.4, -0.2) is 33.2 Å². The van der Waals surface area contributed by atoms with Crippen molar-refractivity contribution < 1.29 is 22.7 Å². The quantitative estimate of drug-likeness (QED) is 0.260. The van der Waals surface area contributed by atoms with Crippen molar-refractivity contribution >= 4 is 34.9 Å². The topological polar surface area (TPSA) is 69.0 Å². The molecule has 11 heteroatoms. The Bertz CT molecular complexity index is 1420. The van der Waals surface area contributed by atoms with Gasteiger partial charge in [0.05, 0.1) is 23.7 Å². The van der Waals surface area contributed by atoms with Crippen LogP contribution in [0.3, 0.4) is 0 Å². The molecule has 0 radical (unpaired) electrons. The van der Waals surface area contributed by atoms with Crippen LogP contribution >= 0.6 is 23.2 Å². The highest BCUT2D eigenvalue weighted by Gasteiger charge is 2.27. The number of imidazole rings is 1. The number of hydrogen-bond donors (Lipinski definition) is 1. The Hall–Kier alpha value is -3.56. The van der Waals surface area contributed by atoms with Crippen LogP contribution in [0.25, 0.3) is 17.1 Å². The minimum Gasteiger partial charge on any atom is -0.493 e. The number of ether oxygens (including phenoxy) is 1. The molecule has 4 rings (SSSR count). The predicted molar refractivity (Wildman–Crippen MR) is 137 cm³/mol. The van der Waals surface area contributed by atoms with Gasteiger partial charge in [-0.25, -0.2) is 9.97 Å². The van der Waals surface area contributed by atoms with Crippen molar-refractivity contribution in [1.82, 2.24) is 14.5 Å². The fourth-order valence-corrected chi connectivity index (χ4v) is 4.07. The molecule has 1 amide bonds. The van der Waals surface area contributed by atoms with Gasteiger partial charge in [-0.2, -0.15) is 13.2 Å². The maximum absolute atomic E-state index is 13.1. The predicted octanol–water partition coefficient (Wildman–Crippen LogP) is 7.44. The molecule has 0 unspecified atom stereocenters. The zero-order chi connectivity index (χ0) is 26.7. The van der Waals surface area contributed by atoms with E-state index in [0.29, 0.717) is 38.6 Å². The number of alkyl halides is 3. The van der Waals surface area contributed by atoms with Crippen molar-refractivity contribution in [1.29, 1.82) is 0 Å². The van der Waals surface area contributed by atoms with Gasteiger partial charge in [0.1, 0.15) is 17.4 Å². The summed E-state index contributed by atoms with van der Waals surface area (Å²) in [5.74, 6) is 0.564. The number of carbonyl (C=O) groups excluding carboxylic acids is 1. The molecular formula is C26H21Cl2F3N4O2. The van der Waals surface area contributed by atoms with E-state index in [1.165, 1.54) is 0 Å². The minimum absolute atomic E-state index is 0.147. The van der Waals surface area contributed by atoms with Gasteiger partial charge >= 0.3 is 6.18 Å². The van der Waals surface area contributed by atoms with Gasteiger partial charge in [-0.1, -0.05) is 29.3 Å². The highest BCUT2D eigenvalue weighted by atomic mass is 35.5. The Morgan fingerprint density at radius 1 is 1.05 bits per heavy atom. The fourth-order valence-electron chi connectivity index (χ4n) is 3.58. The van der Waals surface area contributed by atoms with Crippen LogP contribution in [-0.2, 0) is 0 Å². The second-order valence-corrected chi connectivity index (χ2v) is 9.06. The summed E-state index contributed by atoms with van der Waals surface area (Å²) in [6, 6.07) is 14.9. The molecule has 0 aliphatic rings. The Morgan fingerprint density at radius 2 is 1.78 bits per heavy atom. The number of hydrogen-bond acceptors (Lipinski definition) is 4. The van der Waals surface area contributed by atoms with Crippen LogP contribution in [0.4, 0.5) is 19.0 Å². The smallest absolute Gasteiger partial charge is 0.392 e. The Kier molecular flexibility index (Phi) is 7.75. The molecule has 37 heavy (non-hydrogen) atoms. The van der Waals surface area contributed by atoms with Crippen molar-refractivity contribution in [3.63, 3.8) is 0 Å². The van der Waals surface area contributed by atoms with Gasteiger partial charge < -0.3 is 10.1 Å². The third-order valence-corrected chi connectivity index (χ3v) is 5.94. The summed E-state index contributed by atoms with van der Waals surface area (Å²) in [5, 5.41) is 3.51. The Morgan fingerprint density at radius 3 is 2.41 bits per heavy atom. The summed E-state index contributed by atoms with van der Waals surface area (Å²) in [5.41, 5.74) is 2.74. The average molecular weight is 549 g/mol. The van der Waals surface area contributed by atoms with Gasteiger partial charge in [0.25, 0.3) is 5.91 Å². The van der Waals surface area contributed by atoms with E-state index in [9.17, 15) is 18.0 Å². The lowest BCUT2D eigenvalue weighted by Gasteiger charge is -2.13. The number of carbonyl (C=O) groups is 1. The maximum atomic E-state index is 13.1. The first-order valence-corrected chi connectivity index (χ1v) is 11.9. The lowest BCUT2D eigenvalue weighted by Crippen LogP contribution is -2.15. The van der Waals surface area contributed by atoms with Gasteiger partial charge in [-0.05, 0) is 67.9 Å². The van der Waals surface area contributed by atoms with Gasteiger partial charge in [-0.3, -0.25) is 9.36 Å².